The Kier molecular flexibility index (Phi) is 6.40. The quantitative estimate of drug-likeness (QED) is 0.593. The summed E-state index contributed by atoms with van der Waals surface area (Å²) in [5, 5.41) is 8.31. The molecule has 3 aromatic rings. The highest BCUT2D eigenvalue weighted by Gasteiger charge is 2.31. The van der Waals surface area contributed by atoms with Crippen molar-refractivity contribution in [3.63, 3.8) is 0 Å². The molecular formula is C26H28N4O4. The van der Waals surface area contributed by atoms with Crippen molar-refractivity contribution in [2.75, 3.05) is 39.4 Å². The number of carbonyl (C=O) groups is 2. The molecule has 2 aliphatic rings. The second-order valence-corrected chi connectivity index (χ2v) is 8.86. The predicted octanol–water partition coefficient (Wildman–Crippen LogP) is 3.42. The van der Waals surface area contributed by atoms with Gasteiger partial charge in [-0.15, -0.1) is 10.2 Å². The number of likely N-dealkylation sites (tertiary alicyclic amines) is 1. The van der Waals surface area contributed by atoms with Gasteiger partial charge in [-0.2, -0.15) is 0 Å². The Hall–Kier alpha value is -3.52. The summed E-state index contributed by atoms with van der Waals surface area (Å²) < 4.78 is 11.2. The van der Waals surface area contributed by atoms with Crippen molar-refractivity contribution in [1.29, 1.82) is 0 Å². The predicted molar refractivity (Wildman–Crippen MR) is 126 cm³/mol. The second kappa shape index (κ2) is 9.77. The van der Waals surface area contributed by atoms with Gasteiger partial charge in [-0.1, -0.05) is 17.7 Å². The summed E-state index contributed by atoms with van der Waals surface area (Å²) in [6.45, 7) is 5.74. The first-order chi connectivity index (χ1) is 16.6. The van der Waals surface area contributed by atoms with Crippen molar-refractivity contribution in [3.8, 4) is 22.9 Å². The molecule has 1 aromatic heterocycles. The van der Waals surface area contributed by atoms with Crippen LogP contribution in [0.4, 0.5) is 0 Å². The highest BCUT2D eigenvalue weighted by Crippen LogP contribution is 2.26. The molecule has 0 saturated carbocycles. The van der Waals surface area contributed by atoms with Gasteiger partial charge in [0.25, 0.3) is 5.91 Å². The molecule has 2 aromatic carbocycles. The summed E-state index contributed by atoms with van der Waals surface area (Å²) in [7, 11) is 0. The van der Waals surface area contributed by atoms with Gasteiger partial charge in [0, 0.05) is 48.8 Å². The van der Waals surface area contributed by atoms with E-state index in [0.29, 0.717) is 69.6 Å². The van der Waals surface area contributed by atoms with Gasteiger partial charge < -0.3 is 19.0 Å². The molecule has 5 rings (SSSR count). The summed E-state index contributed by atoms with van der Waals surface area (Å²) >= 11 is 0. The molecule has 0 unspecified atom stereocenters. The summed E-state index contributed by atoms with van der Waals surface area (Å²) in [5.41, 5.74) is 3.40. The first-order valence-electron chi connectivity index (χ1n) is 11.8. The van der Waals surface area contributed by atoms with Crippen LogP contribution in [0.25, 0.3) is 22.9 Å². The van der Waals surface area contributed by atoms with Crippen LogP contribution in [0, 0.1) is 12.8 Å². The fraction of sp³-hybridized carbons (Fsp3) is 0.385. The monoisotopic (exact) mass is 460 g/mol. The Labute approximate surface area is 198 Å². The number of carbonyl (C=O) groups excluding carboxylic acids is 2. The third-order valence-electron chi connectivity index (χ3n) is 6.56. The van der Waals surface area contributed by atoms with E-state index in [2.05, 4.69) is 10.2 Å². The lowest BCUT2D eigenvalue weighted by molar-refractivity contribution is -0.141. The van der Waals surface area contributed by atoms with Gasteiger partial charge in [0.2, 0.25) is 17.7 Å². The molecule has 0 atom stereocenters. The van der Waals surface area contributed by atoms with Crippen LogP contribution < -0.4 is 0 Å². The molecule has 176 valence electrons. The zero-order chi connectivity index (χ0) is 23.5. The maximum Gasteiger partial charge on any atom is 0.253 e. The number of aryl methyl sites for hydroxylation is 1. The number of amides is 2. The molecule has 2 saturated heterocycles. The van der Waals surface area contributed by atoms with Crippen LogP contribution >= 0.6 is 0 Å². The second-order valence-electron chi connectivity index (χ2n) is 8.86. The Balaban J connectivity index is 1.19. The molecule has 0 bridgehead atoms. The van der Waals surface area contributed by atoms with Crippen LogP contribution in [0.2, 0.25) is 0 Å². The van der Waals surface area contributed by atoms with Crippen LogP contribution in [0.3, 0.4) is 0 Å². The van der Waals surface area contributed by atoms with E-state index in [4.69, 9.17) is 9.15 Å². The minimum Gasteiger partial charge on any atom is -0.416 e. The number of rotatable bonds is 4. The molecule has 2 fully saturated rings. The maximum atomic E-state index is 13.0. The third-order valence-corrected chi connectivity index (χ3v) is 6.56. The molecule has 0 radical (unpaired) electrons. The van der Waals surface area contributed by atoms with Gasteiger partial charge in [0.05, 0.1) is 13.2 Å². The fourth-order valence-electron chi connectivity index (χ4n) is 4.46. The number of hydrogen-bond donors (Lipinski definition) is 0. The minimum atomic E-state index is -0.0188. The van der Waals surface area contributed by atoms with Gasteiger partial charge in [0.1, 0.15) is 0 Å². The SMILES string of the molecule is Cc1ccc(-c2nnc(-c3ccc(C(=O)N4CCC(C(=O)N5CCOCC5)CC4)cc3)o2)cc1. The topological polar surface area (TPSA) is 88.8 Å². The smallest absolute Gasteiger partial charge is 0.253 e. The van der Waals surface area contributed by atoms with Crippen molar-refractivity contribution in [1.82, 2.24) is 20.0 Å². The molecule has 34 heavy (non-hydrogen) atoms. The van der Waals surface area contributed by atoms with E-state index in [1.807, 2.05) is 53.1 Å². The lowest BCUT2D eigenvalue weighted by atomic mass is 9.94. The van der Waals surface area contributed by atoms with Crippen LogP contribution in [-0.4, -0.2) is 71.2 Å². The zero-order valence-corrected chi connectivity index (χ0v) is 19.3. The zero-order valence-electron chi connectivity index (χ0n) is 19.3. The van der Waals surface area contributed by atoms with Gasteiger partial charge in [0.15, 0.2) is 0 Å². The summed E-state index contributed by atoms with van der Waals surface area (Å²) in [6, 6.07) is 15.1. The molecule has 8 heteroatoms. The normalized spacial score (nSPS) is 17.1. The van der Waals surface area contributed by atoms with Gasteiger partial charge in [-0.05, 0) is 56.2 Å². The standard InChI is InChI=1S/C26H28N4O4/c1-18-2-4-19(5-3-18)23-27-28-24(34-23)20-6-8-21(9-7-20)25(31)29-12-10-22(11-13-29)26(32)30-14-16-33-17-15-30/h2-9,22H,10-17H2,1H3. The van der Waals surface area contributed by atoms with Gasteiger partial charge >= 0.3 is 0 Å². The van der Waals surface area contributed by atoms with E-state index in [0.717, 1.165) is 16.7 Å². The average Bonchev–Trinajstić information content (AvgIpc) is 3.39. The third kappa shape index (κ3) is 4.72. The summed E-state index contributed by atoms with van der Waals surface area (Å²) in [5.74, 6) is 1.05. The lowest BCUT2D eigenvalue weighted by Crippen LogP contribution is -2.47. The first kappa shape index (κ1) is 22.3. The van der Waals surface area contributed by atoms with E-state index in [1.165, 1.54) is 0 Å². The molecular weight excluding hydrogens is 432 g/mol. The van der Waals surface area contributed by atoms with Gasteiger partial charge in [-0.25, -0.2) is 0 Å². The van der Waals surface area contributed by atoms with E-state index >= 15 is 0 Å². The van der Waals surface area contributed by atoms with Gasteiger partial charge in [-0.3, -0.25) is 9.59 Å². The lowest BCUT2D eigenvalue weighted by Gasteiger charge is -2.35. The number of benzene rings is 2. The number of aromatic nitrogens is 2. The van der Waals surface area contributed by atoms with Crippen molar-refractivity contribution in [3.05, 3.63) is 59.7 Å². The number of nitrogens with zero attached hydrogens (tertiary/aromatic N) is 4. The molecule has 0 spiro atoms. The maximum absolute atomic E-state index is 13.0. The largest absolute Gasteiger partial charge is 0.416 e. The van der Waals surface area contributed by atoms with Crippen LogP contribution in [0.5, 0.6) is 0 Å². The molecule has 0 aliphatic carbocycles. The number of morpholine rings is 1. The van der Waals surface area contributed by atoms with E-state index in [9.17, 15) is 9.59 Å². The van der Waals surface area contributed by atoms with Crippen LogP contribution in [-0.2, 0) is 9.53 Å². The van der Waals surface area contributed by atoms with E-state index in [1.54, 1.807) is 12.1 Å². The van der Waals surface area contributed by atoms with Crippen molar-refractivity contribution in [2.24, 2.45) is 5.92 Å². The fourth-order valence-corrected chi connectivity index (χ4v) is 4.46. The molecule has 2 aliphatic heterocycles. The minimum absolute atomic E-state index is 0.00946. The number of piperidine rings is 1. The Morgan fingerprint density at radius 3 is 1.94 bits per heavy atom. The molecule has 2 amide bonds. The highest BCUT2D eigenvalue weighted by molar-refractivity contribution is 5.94. The number of hydrogen-bond acceptors (Lipinski definition) is 6. The highest BCUT2D eigenvalue weighted by atomic mass is 16.5. The van der Waals surface area contributed by atoms with Crippen molar-refractivity contribution < 1.29 is 18.7 Å². The first-order valence-corrected chi connectivity index (χ1v) is 11.8. The molecule has 8 nitrogen and oxygen atoms in total. The Bertz CT molecular complexity index is 1140. The Morgan fingerprint density at radius 1 is 0.794 bits per heavy atom. The molecule has 3 heterocycles. The van der Waals surface area contributed by atoms with Crippen molar-refractivity contribution in [2.45, 2.75) is 19.8 Å². The van der Waals surface area contributed by atoms with E-state index in [-0.39, 0.29) is 17.7 Å². The van der Waals surface area contributed by atoms with Crippen LogP contribution in [0.15, 0.2) is 52.9 Å². The average molecular weight is 461 g/mol. The van der Waals surface area contributed by atoms with Crippen LogP contribution in [0.1, 0.15) is 28.8 Å². The number of ether oxygens (including phenoxy) is 1. The Morgan fingerprint density at radius 2 is 1.35 bits per heavy atom. The molecule has 0 N–H and O–H groups in total. The van der Waals surface area contributed by atoms with Crippen molar-refractivity contribution >= 4 is 11.8 Å². The summed E-state index contributed by atoms with van der Waals surface area (Å²) in [6.07, 6.45) is 1.40. The van der Waals surface area contributed by atoms with E-state index < -0.39 is 0 Å². The summed E-state index contributed by atoms with van der Waals surface area (Å²) in [4.78, 5) is 29.5.